The van der Waals surface area contributed by atoms with Crippen molar-refractivity contribution in [3.05, 3.63) is 65.2 Å². The number of carbonyl (C=O) groups is 2. The Bertz CT molecular complexity index is 760. The van der Waals surface area contributed by atoms with Crippen molar-refractivity contribution < 1.29 is 18.4 Å². The maximum absolute atomic E-state index is 13.2. The number of anilines is 1. The van der Waals surface area contributed by atoms with Crippen molar-refractivity contribution in [2.75, 3.05) is 11.9 Å². The molecular weight excluding hydrogens is 314 g/mol. The molecule has 4 nitrogen and oxygen atoms in total. The van der Waals surface area contributed by atoms with Crippen LogP contribution in [0.5, 0.6) is 0 Å². The van der Waals surface area contributed by atoms with Crippen molar-refractivity contribution in [2.45, 2.75) is 13.8 Å². The highest BCUT2D eigenvalue weighted by molar-refractivity contribution is 6.06. The van der Waals surface area contributed by atoms with Crippen LogP contribution in [0.15, 0.2) is 42.5 Å². The Kier molecular flexibility index (Phi) is 5.63. The number of amides is 2. The van der Waals surface area contributed by atoms with Gasteiger partial charge in [-0.3, -0.25) is 9.59 Å². The zero-order valence-electron chi connectivity index (χ0n) is 13.4. The molecular formula is C18H18F2N2O2. The van der Waals surface area contributed by atoms with Gasteiger partial charge in [-0.1, -0.05) is 19.9 Å². The number of benzene rings is 2. The van der Waals surface area contributed by atoms with Crippen LogP contribution in [0.3, 0.4) is 0 Å². The summed E-state index contributed by atoms with van der Waals surface area (Å²) in [6.45, 7) is 4.49. The van der Waals surface area contributed by atoms with Crippen LogP contribution in [0.2, 0.25) is 0 Å². The van der Waals surface area contributed by atoms with Gasteiger partial charge in [0, 0.05) is 29.4 Å². The van der Waals surface area contributed by atoms with Crippen LogP contribution < -0.4 is 10.6 Å². The molecule has 2 aromatic rings. The maximum atomic E-state index is 13.2. The fraction of sp³-hybridized carbons (Fsp3) is 0.222. The molecule has 0 saturated heterocycles. The third-order valence-corrected chi connectivity index (χ3v) is 3.24. The summed E-state index contributed by atoms with van der Waals surface area (Å²) in [6.07, 6.45) is 0. The van der Waals surface area contributed by atoms with Crippen LogP contribution in [-0.2, 0) is 0 Å². The topological polar surface area (TPSA) is 58.2 Å². The van der Waals surface area contributed by atoms with Gasteiger partial charge >= 0.3 is 0 Å². The molecule has 0 spiro atoms. The summed E-state index contributed by atoms with van der Waals surface area (Å²) in [4.78, 5) is 24.2. The minimum atomic E-state index is -1.05. The minimum absolute atomic E-state index is 0.133. The summed E-state index contributed by atoms with van der Waals surface area (Å²) >= 11 is 0. The van der Waals surface area contributed by atoms with E-state index in [-0.39, 0.29) is 17.2 Å². The van der Waals surface area contributed by atoms with Crippen LogP contribution in [-0.4, -0.2) is 18.4 Å². The van der Waals surface area contributed by atoms with E-state index in [1.165, 1.54) is 18.2 Å². The van der Waals surface area contributed by atoms with Crippen LogP contribution in [0.1, 0.15) is 34.6 Å². The second-order valence-electron chi connectivity index (χ2n) is 5.77. The lowest BCUT2D eigenvalue weighted by molar-refractivity contribution is 0.0949. The lowest BCUT2D eigenvalue weighted by atomic mass is 10.1. The first-order valence-corrected chi connectivity index (χ1v) is 7.51. The number of hydrogen-bond donors (Lipinski definition) is 2. The van der Waals surface area contributed by atoms with Gasteiger partial charge in [-0.15, -0.1) is 0 Å². The molecule has 0 unspecified atom stereocenters. The van der Waals surface area contributed by atoms with E-state index < -0.39 is 17.5 Å². The Balaban J connectivity index is 2.11. The summed E-state index contributed by atoms with van der Waals surface area (Å²) in [5, 5.41) is 5.23. The predicted octanol–water partition coefficient (Wildman–Crippen LogP) is 3.60. The molecule has 0 heterocycles. The molecule has 2 N–H and O–H groups in total. The molecule has 0 aromatic heterocycles. The lowest BCUT2D eigenvalue weighted by Crippen LogP contribution is -2.27. The van der Waals surface area contributed by atoms with E-state index in [1.54, 1.807) is 12.1 Å². The van der Waals surface area contributed by atoms with Gasteiger partial charge in [-0.2, -0.15) is 0 Å². The third-order valence-electron chi connectivity index (χ3n) is 3.24. The van der Waals surface area contributed by atoms with Crippen molar-refractivity contribution in [3.8, 4) is 0 Å². The van der Waals surface area contributed by atoms with E-state index in [1.807, 2.05) is 13.8 Å². The Morgan fingerprint density at radius 2 is 1.62 bits per heavy atom. The molecule has 0 atom stereocenters. The Labute approximate surface area is 138 Å². The summed E-state index contributed by atoms with van der Waals surface area (Å²) in [5.74, 6) is -2.51. The zero-order valence-corrected chi connectivity index (χ0v) is 13.4. The first kappa shape index (κ1) is 17.6. The summed E-state index contributed by atoms with van der Waals surface area (Å²) in [6, 6.07) is 9.26. The predicted molar refractivity (Wildman–Crippen MR) is 87.9 cm³/mol. The van der Waals surface area contributed by atoms with E-state index in [0.29, 0.717) is 18.0 Å². The Hall–Kier alpha value is -2.76. The first-order valence-electron chi connectivity index (χ1n) is 7.51. The van der Waals surface area contributed by atoms with Gasteiger partial charge < -0.3 is 10.6 Å². The number of rotatable bonds is 5. The molecule has 2 rings (SSSR count). The van der Waals surface area contributed by atoms with Gasteiger partial charge in [0.25, 0.3) is 11.8 Å². The van der Waals surface area contributed by atoms with E-state index >= 15 is 0 Å². The van der Waals surface area contributed by atoms with E-state index in [0.717, 1.165) is 12.1 Å². The van der Waals surface area contributed by atoms with Crippen LogP contribution in [0.4, 0.5) is 14.5 Å². The smallest absolute Gasteiger partial charge is 0.255 e. The highest BCUT2D eigenvalue weighted by Gasteiger charge is 2.12. The van der Waals surface area contributed by atoms with Crippen molar-refractivity contribution in [2.24, 2.45) is 5.92 Å². The van der Waals surface area contributed by atoms with Crippen molar-refractivity contribution in [1.82, 2.24) is 5.32 Å². The molecule has 0 aliphatic carbocycles. The van der Waals surface area contributed by atoms with Gasteiger partial charge in [0.05, 0.1) is 0 Å². The molecule has 0 fully saturated rings. The molecule has 126 valence electrons. The van der Waals surface area contributed by atoms with Gasteiger partial charge in [0.15, 0.2) is 11.6 Å². The highest BCUT2D eigenvalue weighted by atomic mass is 19.2. The molecule has 2 aromatic carbocycles. The Morgan fingerprint density at radius 1 is 0.958 bits per heavy atom. The summed E-state index contributed by atoms with van der Waals surface area (Å²) < 4.78 is 26.1. The molecule has 0 aliphatic rings. The largest absolute Gasteiger partial charge is 0.352 e. The number of halogens is 2. The van der Waals surface area contributed by atoms with E-state index in [9.17, 15) is 18.4 Å². The molecule has 2 amide bonds. The minimum Gasteiger partial charge on any atom is -0.352 e. The third kappa shape index (κ3) is 4.62. The van der Waals surface area contributed by atoms with Gasteiger partial charge in [-0.25, -0.2) is 8.78 Å². The second kappa shape index (κ2) is 7.68. The summed E-state index contributed by atoms with van der Waals surface area (Å²) in [7, 11) is 0. The van der Waals surface area contributed by atoms with Crippen molar-refractivity contribution >= 4 is 17.5 Å². The fourth-order valence-corrected chi connectivity index (χ4v) is 1.98. The van der Waals surface area contributed by atoms with Crippen LogP contribution in [0.25, 0.3) is 0 Å². The SMILES string of the molecule is CC(C)CNC(=O)c1cccc(C(=O)Nc2ccc(F)c(F)c2)c1. The van der Waals surface area contributed by atoms with Gasteiger partial charge in [0.2, 0.25) is 0 Å². The molecule has 0 saturated carbocycles. The van der Waals surface area contributed by atoms with Crippen molar-refractivity contribution in [1.29, 1.82) is 0 Å². The average molecular weight is 332 g/mol. The van der Waals surface area contributed by atoms with E-state index in [2.05, 4.69) is 10.6 Å². The zero-order chi connectivity index (χ0) is 17.7. The normalized spacial score (nSPS) is 10.5. The number of carbonyl (C=O) groups excluding carboxylic acids is 2. The first-order chi connectivity index (χ1) is 11.4. The molecule has 0 bridgehead atoms. The molecule has 0 radical (unpaired) electrons. The monoisotopic (exact) mass is 332 g/mol. The van der Waals surface area contributed by atoms with Crippen LogP contribution >= 0.6 is 0 Å². The number of nitrogens with one attached hydrogen (secondary N) is 2. The fourth-order valence-electron chi connectivity index (χ4n) is 1.98. The average Bonchev–Trinajstić information content (AvgIpc) is 2.56. The van der Waals surface area contributed by atoms with Crippen molar-refractivity contribution in [3.63, 3.8) is 0 Å². The lowest BCUT2D eigenvalue weighted by Gasteiger charge is -2.09. The van der Waals surface area contributed by atoms with E-state index in [4.69, 9.17) is 0 Å². The Morgan fingerprint density at radius 3 is 2.25 bits per heavy atom. The standard InChI is InChI=1S/C18H18F2N2O2/c1-11(2)10-21-17(23)12-4-3-5-13(8-12)18(24)22-14-6-7-15(19)16(20)9-14/h3-9,11H,10H2,1-2H3,(H,21,23)(H,22,24). The maximum Gasteiger partial charge on any atom is 0.255 e. The highest BCUT2D eigenvalue weighted by Crippen LogP contribution is 2.15. The van der Waals surface area contributed by atoms with Gasteiger partial charge in [0.1, 0.15) is 0 Å². The van der Waals surface area contributed by atoms with Gasteiger partial charge in [-0.05, 0) is 36.2 Å². The molecule has 0 aliphatic heterocycles. The number of hydrogen-bond acceptors (Lipinski definition) is 2. The summed E-state index contributed by atoms with van der Waals surface area (Å²) in [5.41, 5.74) is 0.735. The second-order valence-corrected chi connectivity index (χ2v) is 5.77. The molecule has 24 heavy (non-hydrogen) atoms. The molecule has 6 heteroatoms. The van der Waals surface area contributed by atoms with Crippen LogP contribution in [0, 0.1) is 17.6 Å². The quantitative estimate of drug-likeness (QED) is 0.879.